The lowest BCUT2D eigenvalue weighted by atomic mass is 9.91. The molecule has 0 heterocycles. The van der Waals surface area contributed by atoms with Crippen LogP contribution in [0.5, 0.6) is 5.75 Å². The molecule has 0 amide bonds. The first-order valence-electron chi connectivity index (χ1n) is 5.36. The Kier molecular flexibility index (Phi) is 3.82. The highest BCUT2D eigenvalue weighted by Gasteiger charge is 2.16. The number of aliphatic hydroxyl groups is 1. The number of phenols is 1. The third-order valence-corrected chi connectivity index (χ3v) is 3.25. The van der Waals surface area contributed by atoms with Gasteiger partial charge < -0.3 is 10.2 Å². The molecule has 0 aliphatic rings. The molecule has 2 N–H and O–H groups in total. The summed E-state index contributed by atoms with van der Waals surface area (Å²) in [5.74, 6) is 0.00609. The molecule has 0 aliphatic carbocycles. The molecular formula is C14H13BrO2. The van der Waals surface area contributed by atoms with Crippen LogP contribution in [0.2, 0.25) is 0 Å². The lowest BCUT2D eigenvalue weighted by Crippen LogP contribution is -2.06. The average Bonchev–Trinajstić information content (AvgIpc) is 2.34. The van der Waals surface area contributed by atoms with E-state index in [0.717, 1.165) is 15.6 Å². The second-order valence-corrected chi connectivity index (χ2v) is 4.76. The first kappa shape index (κ1) is 12.1. The van der Waals surface area contributed by atoms with Crippen LogP contribution in [0.15, 0.2) is 53.0 Å². The van der Waals surface area contributed by atoms with Crippen molar-refractivity contribution in [2.24, 2.45) is 0 Å². The zero-order valence-corrected chi connectivity index (χ0v) is 10.8. The Hall–Kier alpha value is -1.32. The molecule has 2 nitrogen and oxygen atoms in total. The van der Waals surface area contributed by atoms with Gasteiger partial charge in [-0.25, -0.2) is 0 Å². The maximum atomic E-state index is 9.91. The predicted molar refractivity (Wildman–Crippen MR) is 71.2 cm³/mol. The van der Waals surface area contributed by atoms with Crippen molar-refractivity contribution in [2.75, 3.05) is 6.61 Å². The Morgan fingerprint density at radius 3 is 2.35 bits per heavy atom. The molecule has 0 fully saturated rings. The van der Waals surface area contributed by atoms with Gasteiger partial charge in [-0.3, -0.25) is 0 Å². The molecule has 1 unspecified atom stereocenters. The molecule has 3 heteroatoms. The molecule has 0 saturated carbocycles. The molecule has 2 rings (SSSR count). The van der Waals surface area contributed by atoms with Crippen molar-refractivity contribution in [1.82, 2.24) is 0 Å². The molecule has 17 heavy (non-hydrogen) atoms. The van der Waals surface area contributed by atoms with E-state index in [1.54, 1.807) is 6.07 Å². The lowest BCUT2D eigenvalue weighted by molar-refractivity contribution is 0.278. The number of aliphatic hydroxyl groups excluding tert-OH is 1. The molecule has 88 valence electrons. The molecule has 1 atom stereocenters. The van der Waals surface area contributed by atoms with Crippen LogP contribution in [0.1, 0.15) is 17.0 Å². The van der Waals surface area contributed by atoms with Crippen LogP contribution in [0, 0.1) is 0 Å². The topological polar surface area (TPSA) is 40.5 Å². The number of rotatable bonds is 3. The van der Waals surface area contributed by atoms with Gasteiger partial charge in [-0.1, -0.05) is 52.3 Å². The maximum absolute atomic E-state index is 9.91. The van der Waals surface area contributed by atoms with Gasteiger partial charge in [-0.15, -0.1) is 0 Å². The minimum absolute atomic E-state index is 0.0286. The molecule has 0 aliphatic heterocycles. The highest BCUT2D eigenvalue weighted by molar-refractivity contribution is 9.10. The van der Waals surface area contributed by atoms with E-state index >= 15 is 0 Å². The summed E-state index contributed by atoms with van der Waals surface area (Å²) in [5, 5.41) is 19.4. The molecule has 0 saturated heterocycles. The van der Waals surface area contributed by atoms with Gasteiger partial charge in [0.15, 0.2) is 0 Å². The van der Waals surface area contributed by atoms with Crippen molar-refractivity contribution in [3.8, 4) is 5.75 Å². The van der Waals surface area contributed by atoms with Gasteiger partial charge in [0.05, 0.1) is 6.61 Å². The Morgan fingerprint density at radius 2 is 1.76 bits per heavy atom. The summed E-state index contributed by atoms with van der Waals surface area (Å²) in [4.78, 5) is 0. The highest BCUT2D eigenvalue weighted by atomic mass is 79.9. The fraction of sp³-hybridized carbons (Fsp3) is 0.143. The standard InChI is InChI=1S/C14H13BrO2/c15-11-6-7-12(14(17)8-11)13(9-16)10-4-2-1-3-5-10/h1-8,13,16-17H,9H2. The van der Waals surface area contributed by atoms with Crippen molar-refractivity contribution in [3.63, 3.8) is 0 Å². The number of halogens is 1. The number of phenolic OH excluding ortho intramolecular Hbond substituents is 1. The molecule has 0 aromatic heterocycles. The van der Waals surface area contributed by atoms with Crippen LogP contribution in [0.4, 0.5) is 0 Å². The van der Waals surface area contributed by atoms with E-state index in [1.165, 1.54) is 0 Å². The largest absolute Gasteiger partial charge is 0.508 e. The number of aromatic hydroxyl groups is 1. The van der Waals surface area contributed by atoms with Crippen LogP contribution >= 0.6 is 15.9 Å². The molecule has 0 spiro atoms. The predicted octanol–water partition coefficient (Wildman–Crippen LogP) is 3.28. The van der Waals surface area contributed by atoms with Gasteiger partial charge >= 0.3 is 0 Å². The molecule has 0 radical (unpaired) electrons. The van der Waals surface area contributed by atoms with Crippen molar-refractivity contribution in [1.29, 1.82) is 0 Å². The van der Waals surface area contributed by atoms with E-state index < -0.39 is 0 Å². The van der Waals surface area contributed by atoms with Gasteiger partial charge in [-0.05, 0) is 17.7 Å². The van der Waals surface area contributed by atoms with Gasteiger partial charge in [0.25, 0.3) is 0 Å². The van der Waals surface area contributed by atoms with Crippen molar-refractivity contribution >= 4 is 15.9 Å². The molecule has 2 aromatic carbocycles. The Labute approximate surface area is 109 Å². The Balaban J connectivity index is 2.42. The van der Waals surface area contributed by atoms with E-state index in [-0.39, 0.29) is 18.3 Å². The molecule has 2 aromatic rings. The fourth-order valence-electron chi connectivity index (χ4n) is 1.88. The molecule has 0 bridgehead atoms. The van der Waals surface area contributed by atoms with Crippen molar-refractivity contribution < 1.29 is 10.2 Å². The summed E-state index contributed by atoms with van der Waals surface area (Å²) < 4.78 is 0.823. The number of hydrogen-bond donors (Lipinski definition) is 2. The van der Waals surface area contributed by atoms with E-state index in [1.807, 2.05) is 42.5 Å². The van der Waals surface area contributed by atoms with Crippen molar-refractivity contribution in [2.45, 2.75) is 5.92 Å². The Morgan fingerprint density at radius 1 is 1.06 bits per heavy atom. The smallest absolute Gasteiger partial charge is 0.120 e. The normalized spacial score (nSPS) is 12.4. The third-order valence-electron chi connectivity index (χ3n) is 2.75. The number of hydrogen-bond acceptors (Lipinski definition) is 2. The van der Waals surface area contributed by atoms with Gasteiger partial charge in [0, 0.05) is 16.0 Å². The third kappa shape index (κ3) is 2.68. The summed E-state index contributed by atoms with van der Waals surface area (Å²) in [7, 11) is 0. The maximum Gasteiger partial charge on any atom is 0.120 e. The SMILES string of the molecule is OCC(c1ccccc1)c1ccc(Br)cc1O. The van der Waals surface area contributed by atoms with E-state index in [0.29, 0.717) is 0 Å². The average molecular weight is 293 g/mol. The van der Waals surface area contributed by atoms with Gasteiger partial charge in [-0.2, -0.15) is 0 Å². The van der Waals surface area contributed by atoms with Crippen LogP contribution in [0.25, 0.3) is 0 Å². The minimum Gasteiger partial charge on any atom is -0.508 e. The lowest BCUT2D eigenvalue weighted by Gasteiger charge is -2.16. The second-order valence-electron chi connectivity index (χ2n) is 3.85. The zero-order valence-electron chi connectivity index (χ0n) is 9.18. The first-order chi connectivity index (χ1) is 8.22. The highest BCUT2D eigenvalue weighted by Crippen LogP contribution is 2.32. The number of benzene rings is 2. The quantitative estimate of drug-likeness (QED) is 0.911. The fourth-order valence-corrected chi connectivity index (χ4v) is 2.23. The Bertz CT molecular complexity index is 497. The molecular weight excluding hydrogens is 280 g/mol. The van der Waals surface area contributed by atoms with Crippen LogP contribution in [0.3, 0.4) is 0 Å². The zero-order chi connectivity index (χ0) is 12.3. The summed E-state index contributed by atoms with van der Waals surface area (Å²) in [6.45, 7) is -0.0286. The van der Waals surface area contributed by atoms with E-state index in [9.17, 15) is 10.2 Å². The summed E-state index contributed by atoms with van der Waals surface area (Å²) in [6.07, 6.45) is 0. The minimum atomic E-state index is -0.190. The van der Waals surface area contributed by atoms with E-state index in [2.05, 4.69) is 15.9 Å². The van der Waals surface area contributed by atoms with Gasteiger partial charge in [0.1, 0.15) is 5.75 Å². The summed E-state index contributed by atoms with van der Waals surface area (Å²) in [6, 6.07) is 15.0. The van der Waals surface area contributed by atoms with E-state index in [4.69, 9.17) is 0 Å². The first-order valence-corrected chi connectivity index (χ1v) is 6.16. The van der Waals surface area contributed by atoms with Crippen LogP contribution in [-0.4, -0.2) is 16.8 Å². The van der Waals surface area contributed by atoms with Crippen molar-refractivity contribution in [3.05, 3.63) is 64.1 Å². The monoisotopic (exact) mass is 292 g/mol. The van der Waals surface area contributed by atoms with Gasteiger partial charge in [0.2, 0.25) is 0 Å². The van der Waals surface area contributed by atoms with Crippen LogP contribution in [-0.2, 0) is 0 Å². The summed E-state index contributed by atoms with van der Waals surface area (Å²) in [5.41, 5.74) is 1.73. The van der Waals surface area contributed by atoms with Crippen LogP contribution < -0.4 is 0 Å². The summed E-state index contributed by atoms with van der Waals surface area (Å²) >= 11 is 3.30. The second kappa shape index (κ2) is 5.34.